The number of rotatable bonds is 3. The van der Waals surface area contributed by atoms with Gasteiger partial charge in [0.1, 0.15) is 0 Å². The van der Waals surface area contributed by atoms with E-state index < -0.39 is 0 Å². The van der Waals surface area contributed by atoms with Crippen LogP contribution in [-0.2, 0) is 0 Å². The van der Waals surface area contributed by atoms with Crippen LogP contribution in [0.1, 0.15) is 23.6 Å². The van der Waals surface area contributed by atoms with Crippen molar-refractivity contribution in [3.8, 4) is 6.07 Å². The molecule has 1 fully saturated rings. The maximum atomic E-state index is 9.01. The van der Waals surface area contributed by atoms with Crippen LogP contribution >= 0.6 is 24.8 Å². The minimum atomic E-state index is 0. The van der Waals surface area contributed by atoms with Crippen molar-refractivity contribution in [3.63, 3.8) is 0 Å². The maximum Gasteiger partial charge on any atom is 0.0641 e. The number of nitrogens with one attached hydrogen (secondary N) is 1. The topological polar surface area (TPSA) is 39.1 Å². The van der Waals surface area contributed by atoms with Crippen LogP contribution in [0, 0.1) is 18.3 Å². The first-order valence-electron chi connectivity index (χ1n) is 6.19. The SMILES string of the molecule is Cc1cccc([C@@H](CC#N)N2CCNCC2)c1.Cl.Cl. The molecule has 0 saturated carbocycles. The third-order valence-corrected chi connectivity index (χ3v) is 3.30. The molecule has 0 aliphatic carbocycles. The van der Waals surface area contributed by atoms with Crippen molar-refractivity contribution in [2.75, 3.05) is 26.2 Å². The molecule has 1 aromatic carbocycles. The molecule has 1 heterocycles. The number of nitriles is 1. The molecule has 106 valence electrons. The molecule has 0 radical (unpaired) electrons. The van der Waals surface area contributed by atoms with Crippen molar-refractivity contribution >= 4 is 24.8 Å². The summed E-state index contributed by atoms with van der Waals surface area (Å²) < 4.78 is 0. The molecule has 0 bridgehead atoms. The van der Waals surface area contributed by atoms with Crippen LogP contribution in [0.3, 0.4) is 0 Å². The van der Waals surface area contributed by atoms with Crippen molar-refractivity contribution in [2.24, 2.45) is 0 Å². The molecular formula is C14H21Cl2N3. The molecule has 0 amide bonds. The van der Waals surface area contributed by atoms with Gasteiger partial charge in [-0.15, -0.1) is 24.8 Å². The summed E-state index contributed by atoms with van der Waals surface area (Å²) >= 11 is 0. The van der Waals surface area contributed by atoms with Crippen molar-refractivity contribution in [1.29, 1.82) is 5.26 Å². The van der Waals surface area contributed by atoms with Crippen LogP contribution in [0.4, 0.5) is 0 Å². The molecule has 1 aliphatic heterocycles. The van der Waals surface area contributed by atoms with Crippen LogP contribution in [0.15, 0.2) is 24.3 Å². The third kappa shape index (κ3) is 5.00. The molecule has 0 unspecified atom stereocenters. The molecule has 1 aliphatic rings. The van der Waals surface area contributed by atoms with E-state index in [2.05, 4.69) is 47.5 Å². The fraction of sp³-hybridized carbons (Fsp3) is 0.500. The van der Waals surface area contributed by atoms with Crippen LogP contribution in [0.5, 0.6) is 0 Å². The van der Waals surface area contributed by atoms with Crippen LogP contribution in [-0.4, -0.2) is 31.1 Å². The van der Waals surface area contributed by atoms with E-state index in [9.17, 15) is 0 Å². The zero-order valence-corrected chi connectivity index (χ0v) is 12.8. The zero-order valence-electron chi connectivity index (χ0n) is 11.1. The Labute approximate surface area is 127 Å². The summed E-state index contributed by atoms with van der Waals surface area (Å²) in [4.78, 5) is 2.41. The minimum absolute atomic E-state index is 0. The van der Waals surface area contributed by atoms with Gasteiger partial charge in [0, 0.05) is 32.2 Å². The van der Waals surface area contributed by atoms with E-state index in [0.717, 1.165) is 26.2 Å². The smallest absolute Gasteiger partial charge is 0.0641 e. The fourth-order valence-electron chi connectivity index (χ4n) is 2.42. The largest absolute Gasteiger partial charge is 0.314 e. The Morgan fingerprint density at radius 3 is 2.58 bits per heavy atom. The number of hydrogen-bond donors (Lipinski definition) is 1. The van der Waals surface area contributed by atoms with Gasteiger partial charge < -0.3 is 5.32 Å². The van der Waals surface area contributed by atoms with Gasteiger partial charge in [0.25, 0.3) is 0 Å². The molecule has 1 atom stereocenters. The van der Waals surface area contributed by atoms with E-state index in [1.807, 2.05) is 0 Å². The Morgan fingerprint density at radius 1 is 1.32 bits per heavy atom. The lowest BCUT2D eigenvalue weighted by Gasteiger charge is -2.34. The Hall–Kier alpha value is -0.790. The summed E-state index contributed by atoms with van der Waals surface area (Å²) in [5.41, 5.74) is 2.54. The number of piperazine rings is 1. The fourth-order valence-corrected chi connectivity index (χ4v) is 2.42. The van der Waals surface area contributed by atoms with Gasteiger partial charge in [-0.3, -0.25) is 4.90 Å². The monoisotopic (exact) mass is 301 g/mol. The highest BCUT2D eigenvalue weighted by molar-refractivity contribution is 5.85. The summed E-state index contributed by atoms with van der Waals surface area (Å²) in [6.07, 6.45) is 0.573. The van der Waals surface area contributed by atoms with Gasteiger partial charge in [0.15, 0.2) is 0 Å². The molecular weight excluding hydrogens is 281 g/mol. The summed E-state index contributed by atoms with van der Waals surface area (Å²) in [6.45, 7) is 6.20. The second-order valence-corrected chi connectivity index (χ2v) is 4.58. The van der Waals surface area contributed by atoms with E-state index in [0.29, 0.717) is 6.42 Å². The van der Waals surface area contributed by atoms with Gasteiger partial charge in [-0.1, -0.05) is 29.8 Å². The first kappa shape index (κ1) is 18.2. The molecule has 1 aromatic rings. The quantitative estimate of drug-likeness (QED) is 0.933. The zero-order chi connectivity index (χ0) is 12.1. The first-order valence-corrected chi connectivity index (χ1v) is 6.19. The second kappa shape index (κ2) is 9.17. The highest BCUT2D eigenvalue weighted by atomic mass is 35.5. The number of benzene rings is 1. The Bertz CT molecular complexity index is 411. The number of hydrogen-bond acceptors (Lipinski definition) is 3. The Morgan fingerprint density at radius 2 is 2.00 bits per heavy atom. The number of halogens is 2. The molecule has 5 heteroatoms. The Balaban J connectivity index is 0.00000162. The van der Waals surface area contributed by atoms with Crippen LogP contribution in [0.25, 0.3) is 0 Å². The normalized spacial score (nSPS) is 16.6. The van der Waals surface area contributed by atoms with E-state index in [1.54, 1.807) is 0 Å². The molecule has 19 heavy (non-hydrogen) atoms. The average molecular weight is 302 g/mol. The van der Waals surface area contributed by atoms with Gasteiger partial charge in [0.2, 0.25) is 0 Å². The summed E-state index contributed by atoms with van der Waals surface area (Å²) in [7, 11) is 0. The highest BCUT2D eigenvalue weighted by Crippen LogP contribution is 2.24. The van der Waals surface area contributed by atoms with Gasteiger partial charge in [-0.05, 0) is 12.5 Å². The van der Waals surface area contributed by atoms with Crippen molar-refractivity contribution < 1.29 is 0 Å². The van der Waals surface area contributed by atoms with Gasteiger partial charge in [0.05, 0.1) is 12.5 Å². The summed E-state index contributed by atoms with van der Waals surface area (Å²) in [5.74, 6) is 0. The maximum absolute atomic E-state index is 9.01. The molecule has 0 spiro atoms. The third-order valence-electron chi connectivity index (χ3n) is 3.30. The van der Waals surface area contributed by atoms with Gasteiger partial charge >= 0.3 is 0 Å². The minimum Gasteiger partial charge on any atom is -0.314 e. The lowest BCUT2D eigenvalue weighted by molar-refractivity contribution is 0.175. The van der Waals surface area contributed by atoms with E-state index in [4.69, 9.17) is 5.26 Å². The van der Waals surface area contributed by atoms with E-state index in [-0.39, 0.29) is 30.9 Å². The highest BCUT2D eigenvalue weighted by Gasteiger charge is 2.21. The molecule has 2 rings (SSSR count). The van der Waals surface area contributed by atoms with E-state index >= 15 is 0 Å². The van der Waals surface area contributed by atoms with Crippen molar-refractivity contribution in [3.05, 3.63) is 35.4 Å². The summed E-state index contributed by atoms with van der Waals surface area (Å²) in [5, 5.41) is 12.4. The lowest BCUT2D eigenvalue weighted by Crippen LogP contribution is -2.45. The number of nitrogens with zero attached hydrogens (tertiary/aromatic N) is 2. The first-order chi connectivity index (χ1) is 8.31. The molecule has 1 N–H and O–H groups in total. The van der Waals surface area contributed by atoms with Crippen molar-refractivity contribution in [2.45, 2.75) is 19.4 Å². The van der Waals surface area contributed by atoms with Crippen molar-refractivity contribution in [1.82, 2.24) is 10.2 Å². The molecule has 3 nitrogen and oxygen atoms in total. The Kier molecular flexibility index (Phi) is 8.79. The predicted molar refractivity (Wildman–Crippen MR) is 83.1 cm³/mol. The van der Waals surface area contributed by atoms with Gasteiger partial charge in [-0.25, -0.2) is 0 Å². The molecule has 1 saturated heterocycles. The van der Waals surface area contributed by atoms with Gasteiger partial charge in [-0.2, -0.15) is 5.26 Å². The predicted octanol–water partition coefficient (Wildman–Crippen LogP) is 2.70. The van der Waals surface area contributed by atoms with Crippen LogP contribution < -0.4 is 5.32 Å². The number of aryl methyl sites for hydroxylation is 1. The van der Waals surface area contributed by atoms with E-state index in [1.165, 1.54) is 11.1 Å². The van der Waals surface area contributed by atoms with Crippen LogP contribution in [0.2, 0.25) is 0 Å². The second-order valence-electron chi connectivity index (χ2n) is 4.58. The standard InChI is InChI=1S/C14H19N3.2ClH/c1-12-3-2-4-13(11-12)14(5-6-15)17-9-7-16-8-10-17;;/h2-4,11,14,16H,5,7-10H2,1H3;2*1H/t14-;;/m1../s1. The lowest BCUT2D eigenvalue weighted by atomic mass is 10.00. The summed E-state index contributed by atoms with van der Waals surface area (Å²) in [6, 6.07) is 11.1. The molecule has 0 aromatic heterocycles. The average Bonchev–Trinajstić information content (AvgIpc) is 2.37.